The normalized spacial score (nSPS) is 12.6. The molecule has 0 radical (unpaired) electrons. The Morgan fingerprint density at radius 2 is 2.00 bits per heavy atom. The monoisotopic (exact) mass is 266 g/mol. The molecule has 0 aliphatic carbocycles. The van der Waals surface area contributed by atoms with E-state index in [1.807, 2.05) is 38.1 Å². The molecule has 5 heteroatoms. The minimum absolute atomic E-state index is 0.363. The summed E-state index contributed by atoms with van der Waals surface area (Å²) in [6.45, 7) is 3.92. The van der Waals surface area contributed by atoms with Crippen molar-refractivity contribution in [3.05, 3.63) is 34.8 Å². The molecule has 90 valence electrons. The maximum absolute atomic E-state index is 9.69. The summed E-state index contributed by atoms with van der Waals surface area (Å²) in [6, 6.07) is 7.94. The van der Waals surface area contributed by atoms with Gasteiger partial charge in [0, 0.05) is 4.90 Å². The van der Waals surface area contributed by atoms with E-state index in [0.717, 1.165) is 26.2 Å². The summed E-state index contributed by atoms with van der Waals surface area (Å²) in [5, 5.41) is 18.7. The maximum atomic E-state index is 9.69. The van der Waals surface area contributed by atoms with Crippen LogP contribution in [0.4, 0.5) is 0 Å². The summed E-state index contributed by atoms with van der Waals surface area (Å²) in [7, 11) is 0. The van der Waals surface area contributed by atoms with Gasteiger partial charge < -0.3 is 5.11 Å². The van der Waals surface area contributed by atoms with Crippen LogP contribution in [0.3, 0.4) is 0 Å². The zero-order valence-corrected chi connectivity index (χ0v) is 11.4. The van der Waals surface area contributed by atoms with E-state index in [0.29, 0.717) is 0 Å². The lowest BCUT2D eigenvalue weighted by Crippen LogP contribution is -1.93. The van der Waals surface area contributed by atoms with Crippen LogP contribution in [0.5, 0.6) is 0 Å². The van der Waals surface area contributed by atoms with E-state index >= 15 is 0 Å². The molecule has 1 N–H and O–H groups in total. The maximum Gasteiger partial charge on any atom is 0.179 e. The molecule has 0 unspecified atom stereocenters. The Labute approximate surface area is 109 Å². The quantitative estimate of drug-likeness (QED) is 0.920. The molecule has 0 saturated heterocycles. The molecule has 0 saturated carbocycles. The molecule has 0 aliphatic rings. The molecule has 0 amide bonds. The fourth-order valence-corrected chi connectivity index (χ4v) is 3.20. The van der Waals surface area contributed by atoms with E-state index in [2.05, 4.69) is 10.2 Å². The number of rotatable bonds is 4. The van der Waals surface area contributed by atoms with Crippen LogP contribution < -0.4 is 0 Å². The van der Waals surface area contributed by atoms with Crippen molar-refractivity contribution in [1.82, 2.24) is 10.2 Å². The summed E-state index contributed by atoms with van der Waals surface area (Å²) < 4.78 is 0.950. The molecule has 17 heavy (non-hydrogen) atoms. The number of aliphatic hydroxyl groups excluding tert-OH is 1. The van der Waals surface area contributed by atoms with Gasteiger partial charge in [0.2, 0.25) is 0 Å². The van der Waals surface area contributed by atoms with Gasteiger partial charge in [-0.2, -0.15) is 0 Å². The Bertz CT molecular complexity index is 482. The van der Waals surface area contributed by atoms with Crippen LogP contribution in [0.2, 0.25) is 0 Å². The zero-order valence-electron chi connectivity index (χ0n) is 9.75. The number of aliphatic hydroxyl groups is 1. The van der Waals surface area contributed by atoms with Crippen molar-refractivity contribution in [3.8, 4) is 0 Å². The lowest BCUT2D eigenvalue weighted by Gasteiger charge is -2.07. The standard InChI is InChI=1S/C12H14N2OS2/c1-3-11(15)9-4-6-10(7-5-9)17-12-14-13-8(2)16-12/h4-7,11,15H,3H2,1-2H3/t11-/m0/s1. The molecule has 1 heterocycles. The van der Waals surface area contributed by atoms with Crippen LogP contribution in [0.25, 0.3) is 0 Å². The number of aromatic nitrogens is 2. The molecule has 0 bridgehead atoms. The molecule has 0 fully saturated rings. The lowest BCUT2D eigenvalue weighted by molar-refractivity contribution is 0.173. The third-order valence-corrected chi connectivity index (χ3v) is 4.26. The van der Waals surface area contributed by atoms with Crippen molar-refractivity contribution >= 4 is 23.1 Å². The average molecular weight is 266 g/mol. The molecular weight excluding hydrogens is 252 g/mol. The summed E-state index contributed by atoms with van der Waals surface area (Å²) in [5.74, 6) is 0. The van der Waals surface area contributed by atoms with Crippen LogP contribution in [0.15, 0.2) is 33.5 Å². The number of benzene rings is 1. The number of hydrogen-bond donors (Lipinski definition) is 1. The molecule has 1 atom stereocenters. The van der Waals surface area contributed by atoms with E-state index < -0.39 is 0 Å². The number of hydrogen-bond acceptors (Lipinski definition) is 5. The first-order valence-electron chi connectivity index (χ1n) is 5.45. The van der Waals surface area contributed by atoms with Gasteiger partial charge in [-0.05, 0) is 31.0 Å². The van der Waals surface area contributed by atoms with E-state index in [9.17, 15) is 5.11 Å². The van der Waals surface area contributed by atoms with Crippen molar-refractivity contribution in [3.63, 3.8) is 0 Å². The van der Waals surface area contributed by atoms with E-state index in [1.54, 1.807) is 23.1 Å². The van der Waals surface area contributed by atoms with Gasteiger partial charge in [-0.3, -0.25) is 0 Å². The SMILES string of the molecule is CC[C@H](O)c1ccc(Sc2nnc(C)s2)cc1. The first-order valence-corrected chi connectivity index (χ1v) is 7.08. The van der Waals surface area contributed by atoms with Crippen molar-refractivity contribution in [1.29, 1.82) is 0 Å². The average Bonchev–Trinajstić information content (AvgIpc) is 2.75. The Hall–Kier alpha value is -0.910. The Balaban J connectivity index is 2.08. The molecule has 0 spiro atoms. The van der Waals surface area contributed by atoms with Crippen LogP contribution in [-0.2, 0) is 0 Å². The number of aryl methyl sites for hydroxylation is 1. The lowest BCUT2D eigenvalue weighted by atomic mass is 10.1. The molecule has 2 aromatic rings. The fraction of sp³-hybridized carbons (Fsp3) is 0.333. The highest BCUT2D eigenvalue weighted by Crippen LogP contribution is 2.30. The van der Waals surface area contributed by atoms with Gasteiger partial charge in [0.15, 0.2) is 4.34 Å². The highest BCUT2D eigenvalue weighted by Gasteiger charge is 2.06. The van der Waals surface area contributed by atoms with Crippen molar-refractivity contribution < 1.29 is 5.11 Å². The second-order valence-electron chi connectivity index (χ2n) is 3.68. The number of nitrogens with zero attached hydrogens (tertiary/aromatic N) is 2. The minimum atomic E-state index is -0.363. The highest BCUT2D eigenvalue weighted by atomic mass is 32.2. The second-order valence-corrected chi connectivity index (χ2v) is 6.18. The second kappa shape index (κ2) is 5.62. The van der Waals surface area contributed by atoms with Gasteiger partial charge in [0.25, 0.3) is 0 Å². The largest absolute Gasteiger partial charge is 0.388 e. The molecule has 3 nitrogen and oxygen atoms in total. The molecular formula is C12H14N2OS2. The van der Waals surface area contributed by atoms with E-state index in [1.165, 1.54) is 0 Å². The van der Waals surface area contributed by atoms with Crippen LogP contribution in [-0.4, -0.2) is 15.3 Å². The highest BCUT2D eigenvalue weighted by molar-refractivity contribution is 8.01. The summed E-state index contributed by atoms with van der Waals surface area (Å²) >= 11 is 3.19. The third kappa shape index (κ3) is 3.28. The zero-order chi connectivity index (χ0) is 12.3. The van der Waals surface area contributed by atoms with E-state index in [-0.39, 0.29) is 6.10 Å². The van der Waals surface area contributed by atoms with Gasteiger partial charge in [0.05, 0.1) is 6.10 Å². The molecule has 0 aliphatic heterocycles. The van der Waals surface area contributed by atoms with Gasteiger partial charge in [0.1, 0.15) is 5.01 Å². The Morgan fingerprint density at radius 3 is 2.53 bits per heavy atom. The Morgan fingerprint density at radius 1 is 1.29 bits per heavy atom. The summed E-state index contributed by atoms with van der Waals surface area (Å²) in [5.41, 5.74) is 0.963. The van der Waals surface area contributed by atoms with Crippen molar-refractivity contribution in [2.45, 2.75) is 35.6 Å². The Kier molecular flexibility index (Phi) is 4.15. The predicted molar refractivity (Wildman–Crippen MR) is 70.5 cm³/mol. The van der Waals surface area contributed by atoms with Gasteiger partial charge in [-0.1, -0.05) is 42.2 Å². The predicted octanol–water partition coefficient (Wildman–Crippen LogP) is 3.44. The summed E-state index contributed by atoms with van der Waals surface area (Å²) in [6.07, 6.45) is 0.375. The van der Waals surface area contributed by atoms with Gasteiger partial charge in [-0.25, -0.2) is 0 Å². The smallest absolute Gasteiger partial charge is 0.179 e. The molecule has 2 rings (SSSR count). The summed E-state index contributed by atoms with van der Waals surface area (Å²) in [4.78, 5) is 1.12. The molecule has 1 aromatic heterocycles. The van der Waals surface area contributed by atoms with E-state index in [4.69, 9.17) is 0 Å². The van der Waals surface area contributed by atoms with Crippen molar-refractivity contribution in [2.24, 2.45) is 0 Å². The molecule has 1 aromatic carbocycles. The first-order chi connectivity index (χ1) is 8.19. The van der Waals surface area contributed by atoms with Gasteiger partial charge >= 0.3 is 0 Å². The van der Waals surface area contributed by atoms with Crippen LogP contribution in [0, 0.1) is 6.92 Å². The first kappa shape index (κ1) is 12.5. The fourth-order valence-electron chi connectivity index (χ4n) is 1.41. The third-order valence-electron chi connectivity index (χ3n) is 2.36. The topological polar surface area (TPSA) is 46.0 Å². The minimum Gasteiger partial charge on any atom is -0.388 e. The van der Waals surface area contributed by atoms with Crippen LogP contribution in [0.1, 0.15) is 30.0 Å². The van der Waals surface area contributed by atoms with Crippen molar-refractivity contribution in [2.75, 3.05) is 0 Å². The van der Waals surface area contributed by atoms with Crippen LogP contribution >= 0.6 is 23.1 Å². The van der Waals surface area contributed by atoms with Gasteiger partial charge in [-0.15, -0.1) is 10.2 Å².